The largest absolute Gasteiger partial charge is 0.396 e. The number of aliphatic hydroxyl groups is 1. The molecule has 0 aromatic carbocycles. The first-order valence-electron chi connectivity index (χ1n) is 5.34. The van der Waals surface area contributed by atoms with Gasteiger partial charge in [0, 0.05) is 25.6 Å². The van der Waals surface area contributed by atoms with Gasteiger partial charge >= 0.3 is 0 Å². The van der Waals surface area contributed by atoms with Crippen LogP contribution in [0.15, 0.2) is 12.1 Å². The normalized spacial score (nSPS) is 19.7. The number of hydrogen-bond acceptors (Lipinski definition) is 3. The molecule has 1 N–H and O–H groups in total. The summed E-state index contributed by atoms with van der Waals surface area (Å²) in [6.45, 7) is 1.26. The molecule has 1 aromatic heterocycles. The van der Waals surface area contributed by atoms with Gasteiger partial charge in [-0.15, -0.1) is 0 Å². The zero-order chi connectivity index (χ0) is 12.4. The van der Waals surface area contributed by atoms with Crippen LogP contribution < -0.4 is 0 Å². The number of carbonyl (C=O) groups is 1. The molecule has 1 aromatic rings. The summed E-state index contributed by atoms with van der Waals surface area (Å²) in [7, 11) is 0. The van der Waals surface area contributed by atoms with E-state index in [2.05, 4.69) is 4.98 Å². The molecule has 0 bridgehead atoms. The van der Waals surface area contributed by atoms with Crippen molar-refractivity contribution in [1.82, 2.24) is 9.88 Å². The number of hydrogen-bond donors (Lipinski definition) is 1. The van der Waals surface area contributed by atoms with Gasteiger partial charge < -0.3 is 10.0 Å². The molecule has 1 fully saturated rings. The summed E-state index contributed by atoms with van der Waals surface area (Å²) >= 11 is 11.7. The molecule has 0 aliphatic carbocycles. The Balaban J connectivity index is 2.17. The van der Waals surface area contributed by atoms with Gasteiger partial charge in [-0.1, -0.05) is 23.2 Å². The Morgan fingerprint density at radius 1 is 1.53 bits per heavy atom. The fourth-order valence-electron chi connectivity index (χ4n) is 1.88. The molecule has 0 radical (unpaired) electrons. The van der Waals surface area contributed by atoms with Crippen molar-refractivity contribution in [3.63, 3.8) is 0 Å². The Kier molecular flexibility index (Phi) is 3.86. The first-order valence-corrected chi connectivity index (χ1v) is 6.09. The van der Waals surface area contributed by atoms with Crippen LogP contribution in [0.25, 0.3) is 0 Å². The smallest absolute Gasteiger partial charge is 0.274 e. The van der Waals surface area contributed by atoms with E-state index >= 15 is 0 Å². The number of pyridine rings is 1. The number of nitrogens with zero attached hydrogens (tertiary/aromatic N) is 2. The quantitative estimate of drug-likeness (QED) is 0.838. The van der Waals surface area contributed by atoms with Gasteiger partial charge in [0.1, 0.15) is 10.8 Å². The number of aromatic nitrogens is 1. The van der Waals surface area contributed by atoms with Gasteiger partial charge in [-0.3, -0.25) is 4.79 Å². The molecular weight excluding hydrogens is 263 g/mol. The average Bonchev–Trinajstić information content (AvgIpc) is 2.80. The summed E-state index contributed by atoms with van der Waals surface area (Å²) < 4.78 is 0. The van der Waals surface area contributed by atoms with Crippen LogP contribution >= 0.6 is 23.2 Å². The topological polar surface area (TPSA) is 53.4 Å². The highest BCUT2D eigenvalue weighted by molar-refractivity contribution is 6.34. The first-order chi connectivity index (χ1) is 8.11. The third-order valence-corrected chi connectivity index (χ3v) is 3.36. The van der Waals surface area contributed by atoms with Gasteiger partial charge in [-0.05, 0) is 18.6 Å². The van der Waals surface area contributed by atoms with Crippen LogP contribution in [0.5, 0.6) is 0 Å². The van der Waals surface area contributed by atoms with Crippen molar-refractivity contribution in [2.24, 2.45) is 5.92 Å². The molecule has 4 nitrogen and oxygen atoms in total. The Hall–Kier alpha value is -0.840. The Labute approximate surface area is 109 Å². The van der Waals surface area contributed by atoms with Crippen LogP contribution in [0.2, 0.25) is 10.2 Å². The summed E-state index contributed by atoms with van der Waals surface area (Å²) in [5.74, 6) is -0.0784. The minimum absolute atomic E-state index is 0.0977. The predicted molar refractivity (Wildman–Crippen MR) is 65.4 cm³/mol. The van der Waals surface area contributed by atoms with Gasteiger partial charge in [0.25, 0.3) is 5.91 Å². The van der Waals surface area contributed by atoms with Gasteiger partial charge in [-0.25, -0.2) is 4.98 Å². The van der Waals surface area contributed by atoms with Crippen molar-refractivity contribution in [3.05, 3.63) is 28.0 Å². The van der Waals surface area contributed by atoms with E-state index in [0.717, 1.165) is 6.42 Å². The highest BCUT2D eigenvalue weighted by atomic mass is 35.5. The molecule has 2 heterocycles. The Morgan fingerprint density at radius 3 is 2.94 bits per heavy atom. The molecule has 1 amide bonds. The van der Waals surface area contributed by atoms with Crippen molar-refractivity contribution < 1.29 is 9.90 Å². The fraction of sp³-hybridized carbons (Fsp3) is 0.455. The van der Waals surface area contributed by atoms with Crippen molar-refractivity contribution in [2.75, 3.05) is 19.7 Å². The third kappa shape index (κ3) is 2.70. The molecule has 0 unspecified atom stereocenters. The molecule has 1 aliphatic heterocycles. The van der Waals surface area contributed by atoms with Gasteiger partial charge in [0.2, 0.25) is 0 Å². The monoisotopic (exact) mass is 274 g/mol. The Morgan fingerprint density at radius 2 is 2.29 bits per heavy atom. The van der Waals surface area contributed by atoms with E-state index in [1.165, 1.54) is 0 Å². The van der Waals surface area contributed by atoms with Crippen LogP contribution in [-0.2, 0) is 0 Å². The minimum Gasteiger partial charge on any atom is -0.396 e. The number of rotatable bonds is 2. The lowest BCUT2D eigenvalue weighted by Gasteiger charge is -2.16. The van der Waals surface area contributed by atoms with Gasteiger partial charge in [-0.2, -0.15) is 0 Å². The van der Waals surface area contributed by atoms with E-state index in [1.54, 1.807) is 17.0 Å². The van der Waals surface area contributed by atoms with Crippen LogP contribution in [0.3, 0.4) is 0 Å². The van der Waals surface area contributed by atoms with Crippen molar-refractivity contribution in [2.45, 2.75) is 6.42 Å². The van der Waals surface area contributed by atoms with Crippen molar-refractivity contribution >= 4 is 29.1 Å². The molecule has 6 heteroatoms. The summed E-state index contributed by atoms with van der Waals surface area (Å²) in [5, 5.41) is 9.58. The molecule has 1 saturated heterocycles. The SMILES string of the molecule is O=C(c1nc(Cl)ccc1Cl)N1CC[C@@H](CO)C1. The van der Waals surface area contributed by atoms with E-state index in [1.807, 2.05) is 0 Å². The highest BCUT2D eigenvalue weighted by Gasteiger charge is 2.28. The van der Waals surface area contributed by atoms with Gasteiger partial charge in [0.15, 0.2) is 0 Å². The van der Waals surface area contributed by atoms with E-state index in [4.69, 9.17) is 28.3 Å². The lowest BCUT2D eigenvalue weighted by atomic mass is 10.1. The van der Waals surface area contributed by atoms with E-state index in [-0.39, 0.29) is 29.3 Å². The maximum Gasteiger partial charge on any atom is 0.274 e. The lowest BCUT2D eigenvalue weighted by Crippen LogP contribution is -2.30. The second-order valence-electron chi connectivity index (χ2n) is 4.05. The molecule has 1 aliphatic rings. The summed E-state index contributed by atoms with van der Waals surface area (Å²) in [6, 6.07) is 3.10. The summed E-state index contributed by atoms with van der Waals surface area (Å²) in [5.41, 5.74) is 0.178. The van der Waals surface area contributed by atoms with Crippen LogP contribution in [0.4, 0.5) is 0 Å². The summed E-state index contributed by atoms with van der Waals surface area (Å²) in [4.78, 5) is 17.7. The number of likely N-dealkylation sites (tertiary alicyclic amines) is 1. The number of aliphatic hydroxyl groups excluding tert-OH is 1. The predicted octanol–water partition coefficient (Wildman–Crippen LogP) is 1.84. The van der Waals surface area contributed by atoms with Gasteiger partial charge in [0.05, 0.1) is 5.02 Å². The minimum atomic E-state index is -0.228. The van der Waals surface area contributed by atoms with Crippen LogP contribution in [0, 0.1) is 5.92 Å². The zero-order valence-electron chi connectivity index (χ0n) is 9.07. The second-order valence-corrected chi connectivity index (χ2v) is 4.85. The standard InChI is InChI=1S/C11H12Cl2N2O2/c12-8-1-2-9(13)14-10(8)11(17)15-4-3-7(5-15)6-16/h1-2,7,16H,3-6H2/t7-/m1/s1. The fourth-order valence-corrected chi connectivity index (χ4v) is 2.22. The lowest BCUT2D eigenvalue weighted by molar-refractivity contribution is 0.0776. The Bertz CT molecular complexity index is 439. The van der Waals surface area contributed by atoms with Crippen LogP contribution in [0.1, 0.15) is 16.9 Å². The second kappa shape index (κ2) is 5.21. The zero-order valence-corrected chi connectivity index (χ0v) is 10.6. The third-order valence-electron chi connectivity index (χ3n) is 2.85. The van der Waals surface area contributed by atoms with E-state index in [0.29, 0.717) is 18.1 Å². The molecule has 92 valence electrons. The van der Waals surface area contributed by atoms with E-state index < -0.39 is 0 Å². The highest BCUT2D eigenvalue weighted by Crippen LogP contribution is 2.22. The maximum absolute atomic E-state index is 12.1. The molecular formula is C11H12Cl2N2O2. The molecule has 1 atom stereocenters. The number of halogens is 2. The number of amides is 1. The van der Waals surface area contributed by atoms with Crippen LogP contribution in [-0.4, -0.2) is 40.6 Å². The molecule has 2 rings (SSSR count). The molecule has 0 spiro atoms. The van der Waals surface area contributed by atoms with E-state index in [9.17, 15) is 4.79 Å². The van der Waals surface area contributed by atoms with Crippen molar-refractivity contribution in [3.8, 4) is 0 Å². The molecule has 17 heavy (non-hydrogen) atoms. The van der Waals surface area contributed by atoms with Crippen molar-refractivity contribution in [1.29, 1.82) is 0 Å². The summed E-state index contributed by atoms with van der Waals surface area (Å²) in [6.07, 6.45) is 0.806. The number of carbonyl (C=O) groups excluding carboxylic acids is 1. The average molecular weight is 275 g/mol. The maximum atomic E-state index is 12.1. The first kappa shape index (κ1) is 12.6. The molecule has 0 saturated carbocycles.